The second kappa shape index (κ2) is 7.59. The van der Waals surface area contributed by atoms with Crippen molar-refractivity contribution in [3.63, 3.8) is 0 Å². The van der Waals surface area contributed by atoms with Crippen LogP contribution in [-0.2, 0) is 9.84 Å². The smallest absolute Gasteiger partial charge is 0.232 e. The van der Waals surface area contributed by atoms with Crippen molar-refractivity contribution in [3.05, 3.63) is 66.7 Å². The summed E-state index contributed by atoms with van der Waals surface area (Å²) in [6, 6.07) is 21.5. The Kier molecular flexibility index (Phi) is 5.00. The Labute approximate surface area is 165 Å². The van der Waals surface area contributed by atoms with E-state index in [2.05, 4.69) is 10.3 Å². The molecule has 28 heavy (non-hydrogen) atoms. The van der Waals surface area contributed by atoms with Crippen LogP contribution < -0.4 is 10.2 Å². The first-order chi connectivity index (χ1) is 13.5. The van der Waals surface area contributed by atoms with Gasteiger partial charge in [0.1, 0.15) is 5.82 Å². The molecule has 1 N–H and O–H groups in total. The fourth-order valence-electron chi connectivity index (χ4n) is 3.30. The van der Waals surface area contributed by atoms with Gasteiger partial charge in [0.25, 0.3) is 0 Å². The molecule has 1 unspecified atom stereocenters. The number of anilines is 3. The Morgan fingerprint density at radius 2 is 1.68 bits per heavy atom. The maximum absolute atomic E-state index is 11.8. The number of benzene rings is 2. The van der Waals surface area contributed by atoms with Crippen LogP contribution in [0.4, 0.5) is 17.5 Å². The van der Waals surface area contributed by atoms with Gasteiger partial charge in [0.05, 0.1) is 17.2 Å². The molecular weight excluding hydrogens is 372 g/mol. The first-order valence-corrected chi connectivity index (χ1v) is 11.0. The zero-order valence-electron chi connectivity index (χ0n) is 15.6. The largest absolute Gasteiger partial charge is 0.366 e. The van der Waals surface area contributed by atoms with Gasteiger partial charge in [0.2, 0.25) is 5.95 Å². The monoisotopic (exact) mass is 394 g/mol. The molecule has 1 aliphatic heterocycles. The molecule has 7 heteroatoms. The van der Waals surface area contributed by atoms with Gasteiger partial charge in [0, 0.05) is 30.4 Å². The zero-order chi connectivity index (χ0) is 19.6. The van der Waals surface area contributed by atoms with Crippen molar-refractivity contribution < 1.29 is 8.42 Å². The van der Waals surface area contributed by atoms with Gasteiger partial charge in [-0.15, -0.1) is 0 Å². The normalized spacial score (nSPS) is 18.0. The number of hydrogen-bond donors (Lipinski definition) is 1. The lowest BCUT2D eigenvalue weighted by molar-refractivity contribution is 0.602. The summed E-state index contributed by atoms with van der Waals surface area (Å²) in [6.07, 6.45) is 0.594. The predicted molar refractivity (Wildman–Crippen MR) is 113 cm³/mol. The maximum Gasteiger partial charge on any atom is 0.232 e. The Morgan fingerprint density at radius 1 is 1.00 bits per heavy atom. The van der Waals surface area contributed by atoms with Crippen LogP contribution in [-0.4, -0.2) is 43.0 Å². The molecule has 2 aromatic carbocycles. The van der Waals surface area contributed by atoms with Gasteiger partial charge in [-0.25, -0.2) is 13.4 Å². The summed E-state index contributed by atoms with van der Waals surface area (Å²) in [6.45, 7) is 0. The van der Waals surface area contributed by atoms with E-state index in [9.17, 15) is 8.42 Å². The summed E-state index contributed by atoms with van der Waals surface area (Å²) in [4.78, 5) is 11.3. The molecule has 144 valence electrons. The zero-order valence-corrected chi connectivity index (χ0v) is 16.4. The van der Waals surface area contributed by atoms with Gasteiger partial charge in [-0.05, 0) is 18.6 Å². The highest BCUT2D eigenvalue weighted by molar-refractivity contribution is 7.91. The summed E-state index contributed by atoms with van der Waals surface area (Å²) >= 11 is 0. The number of rotatable bonds is 5. The lowest BCUT2D eigenvalue weighted by Crippen LogP contribution is -2.22. The van der Waals surface area contributed by atoms with E-state index in [0.717, 1.165) is 16.9 Å². The Balaban J connectivity index is 1.71. The molecule has 0 spiro atoms. The van der Waals surface area contributed by atoms with Gasteiger partial charge >= 0.3 is 0 Å². The van der Waals surface area contributed by atoms with E-state index < -0.39 is 9.84 Å². The van der Waals surface area contributed by atoms with Crippen molar-refractivity contribution in [2.24, 2.45) is 0 Å². The summed E-state index contributed by atoms with van der Waals surface area (Å²) in [7, 11) is -1.04. The predicted octanol–water partition coefficient (Wildman–Crippen LogP) is 3.51. The molecule has 1 saturated heterocycles. The van der Waals surface area contributed by atoms with E-state index >= 15 is 0 Å². The molecule has 4 rings (SSSR count). The number of para-hydroxylation sites is 1. The highest BCUT2D eigenvalue weighted by Gasteiger charge is 2.28. The summed E-state index contributed by atoms with van der Waals surface area (Å²) in [5, 5.41) is 3.30. The van der Waals surface area contributed by atoms with Crippen LogP contribution in [0.25, 0.3) is 11.3 Å². The highest BCUT2D eigenvalue weighted by Crippen LogP contribution is 2.27. The molecule has 2 heterocycles. The van der Waals surface area contributed by atoms with Crippen molar-refractivity contribution in [2.75, 3.05) is 28.8 Å². The van der Waals surface area contributed by atoms with Crippen LogP contribution in [0.3, 0.4) is 0 Å². The number of nitrogens with zero attached hydrogens (tertiary/aromatic N) is 3. The highest BCUT2D eigenvalue weighted by atomic mass is 32.2. The number of aromatic nitrogens is 2. The topological polar surface area (TPSA) is 75.2 Å². The van der Waals surface area contributed by atoms with Gasteiger partial charge in [-0.3, -0.25) is 0 Å². The van der Waals surface area contributed by atoms with Gasteiger partial charge in [0.15, 0.2) is 9.84 Å². The maximum atomic E-state index is 11.8. The van der Waals surface area contributed by atoms with Crippen LogP contribution in [0.15, 0.2) is 66.7 Å². The Bertz CT molecular complexity index is 1060. The fourth-order valence-corrected chi connectivity index (χ4v) is 4.97. The standard InChI is InChI=1S/C21H22N4O2S/c1-25(18-10-6-3-7-11-18)21-23-19(16-8-4-2-5-9-16)14-20(24-21)22-17-12-13-28(26,27)15-17/h2-11,14,17H,12-13,15H2,1H3,(H,22,23,24). The van der Waals surface area contributed by atoms with Crippen molar-refractivity contribution in [3.8, 4) is 11.3 Å². The molecule has 0 amide bonds. The van der Waals surface area contributed by atoms with E-state index in [4.69, 9.17) is 4.98 Å². The third kappa shape index (κ3) is 4.14. The first kappa shape index (κ1) is 18.4. The molecule has 3 aromatic rings. The molecule has 0 saturated carbocycles. The molecule has 1 aliphatic rings. The third-order valence-electron chi connectivity index (χ3n) is 4.81. The average molecular weight is 395 g/mol. The minimum Gasteiger partial charge on any atom is -0.366 e. The number of sulfone groups is 1. The molecule has 0 bridgehead atoms. The fraction of sp³-hybridized carbons (Fsp3) is 0.238. The quantitative estimate of drug-likeness (QED) is 0.714. The lowest BCUT2D eigenvalue weighted by atomic mass is 10.1. The minimum atomic E-state index is -2.96. The Morgan fingerprint density at radius 3 is 2.32 bits per heavy atom. The van der Waals surface area contributed by atoms with Crippen molar-refractivity contribution in [1.29, 1.82) is 0 Å². The van der Waals surface area contributed by atoms with Crippen LogP contribution in [0.5, 0.6) is 0 Å². The van der Waals surface area contributed by atoms with E-state index in [1.807, 2.05) is 78.7 Å². The molecule has 1 aromatic heterocycles. The van der Waals surface area contributed by atoms with E-state index in [0.29, 0.717) is 18.2 Å². The lowest BCUT2D eigenvalue weighted by Gasteiger charge is -2.20. The minimum absolute atomic E-state index is 0.126. The van der Waals surface area contributed by atoms with Crippen LogP contribution in [0.1, 0.15) is 6.42 Å². The van der Waals surface area contributed by atoms with Gasteiger partial charge in [-0.2, -0.15) is 4.98 Å². The van der Waals surface area contributed by atoms with Crippen LogP contribution in [0, 0.1) is 0 Å². The molecule has 6 nitrogen and oxygen atoms in total. The van der Waals surface area contributed by atoms with Crippen molar-refractivity contribution >= 4 is 27.3 Å². The number of hydrogen-bond acceptors (Lipinski definition) is 6. The molecule has 1 fully saturated rings. The molecular formula is C21H22N4O2S. The summed E-state index contributed by atoms with van der Waals surface area (Å²) in [5.41, 5.74) is 2.74. The number of nitrogens with one attached hydrogen (secondary N) is 1. The van der Waals surface area contributed by atoms with Crippen molar-refractivity contribution in [2.45, 2.75) is 12.5 Å². The molecule has 0 radical (unpaired) electrons. The van der Waals surface area contributed by atoms with Crippen molar-refractivity contribution in [1.82, 2.24) is 9.97 Å². The first-order valence-electron chi connectivity index (χ1n) is 9.20. The summed E-state index contributed by atoms with van der Waals surface area (Å²) in [5.74, 6) is 1.55. The SMILES string of the molecule is CN(c1ccccc1)c1nc(NC2CCS(=O)(=O)C2)cc(-c2ccccc2)n1. The van der Waals surface area contributed by atoms with Crippen LogP contribution >= 0.6 is 0 Å². The molecule has 0 aliphatic carbocycles. The summed E-state index contributed by atoms with van der Waals surface area (Å²) < 4.78 is 23.6. The average Bonchev–Trinajstić information content (AvgIpc) is 3.06. The van der Waals surface area contributed by atoms with E-state index in [1.165, 1.54) is 0 Å². The Hall–Kier alpha value is -2.93. The van der Waals surface area contributed by atoms with Gasteiger partial charge in [-0.1, -0.05) is 48.5 Å². The third-order valence-corrected chi connectivity index (χ3v) is 6.58. The second-order valence-electron chi connectivity index (χ2n) is 6.94. The van der Waals surface area contributed by atoms with Crippen LogP contribution in [0.2, 0.25) is 0 Å². The molecule has 1 atom stereocenters. The second-order valence-corrected chi connectivity index (χ2v) is 9.17. The van der Waals surface area contributed by atoms with E-state index in [-0.39, 0.29) is 17.5 Å². The van der Waals surface area contributed by atoms with E-state index in [1.54, 1.807) is 0 Å². The van der Waals surface area contributed by atoms with Gasteiger partial charge < -0.3 is 10.2 Å².